The van der Waals surface area contributed by atoms with Crippen LogP contribution in [-0.4, -0.2) is 42.2 Å². The van der Waals surface area contributed by atoms with Gasteiger partial charge in [0.05, 0.1) is 0 Å². The highest BCUT2D eigenvalue weighted by Gasteiger charge is 2.09. The van der Waals surface area contributed by atoms with Gasteiger partial charge in [0.1, 0.15) is 6.61 Å². The summed E-state index contributed by atoms with van der Waals surface area (Å²) in [6.07, 6.45) is 5.86. The smallest absolute Gasteiger partial charge is 0.213 e. The van der Waals surface area contributed by atoms with E-state index in [0.717, 1.165) is 25.6 Å². The zero-order valence-electron chi connectivity index (χ0n) is 12.8. The lowest BCUT2D eigenvalue weighted by Gasteiger charge is -2.26. The Morgan fingerprint density at radius 2 is 2.10 bits per heavy atom. The van der Waals surface area contributed by atoms with Crippen LogP contribution in [0.3, 0.4) is 0 Å². The Kier molecular flexibility index (Phi) is 6.27. The lowest BCUT2D eigenvalue weighted by Crippen LogP contribution is -2.33. The number of hydrogen-bond acceptors (Lipinski definition) is 4. The minimum Gasteiger partial charge on any atom is -0.476 e. The van der Waals surface area contributed by atoms with Crippen LogP contribution in [0, 0.1) is 0 Å². The number of piperidine rings is 1. The molecule has 2 heterocycles. The third kappa shape index (κ3) is 5.47. The Bertz CT molecular complexity index is 389. The second kappa shape index (κ2) is 8.22. The minimum absolute atomic E-state index is 0.492. The average molecular weight is 277 g/mol. The molecular weight excluding hydrogens is 250 g/mol. The van der Waals surface area contributed by atoms with Gasteiger partial charge in [-0.15, -0.1) is 0 Å². The van der Waals surface area contributed by atoms with Gasteiger partial charge in [-0.1, -0.05) is 20.3 Å². The number of ether oxygens (including phenoxy) is 1. The topological polar surface area (TPSA) is 37.4 Å². The van der Waals surface area contributed by atoms with E-state index in [1.807, 2.05) is 18.3 Å². The fraction of sp³-hybridized carbons (Fsp3) is 0.688. The zero-order chi connectivity index (χ0) is 14.2. The summed E-state index contributed by atoms with van der Waals surface area (Å²) in [6.45, 7) is 9.34. The molecule has 1 N–H and O–H groups in total. The maximum absolute atomic E-state index is 5.78. The molecule has 112 valence electrons. The van der Waals surface area contributed by atoms with Crippen molar-refractivity contribution in [2.24, 2.45) is 0 Å². The van der Waals surface area contributed by atoms with E-state index in [1.165, 1.54) is 37.9 Å². The van der Waals surface area contributed by atoms with Gasteiger partial charge in [-0.05, 0) is 37.6 Å². The van der Waals surface area contributed by atoms with Crippen LogP contribution in [-0.2, 0) is 6.54 Å². The van der Waals surface area contributed by atoms with Gasteiger partial charge in [-0.2, -0.15) is 0 Å². The predicted molar refractivity (Wildman–Crippen MR) is 82.0 cm³/mol. The van der Waals surface area contributed by atoms with E-state index in [2.05, 4.69) is 29.0 Å². The van der Waals surface area contributed by atoms with Crippen LogP contribution >= 0.6 is 0 Å². The van der Waals surface area contributed by atoms with Gasteiger partial charge in [-0.25, -0.2) is 4.98 Å². The van der Waals surface area contributed by atoms with E-state index in [-0.39, 0.29) is 0 Å². The predicted octanol–water partition coefficient (Wildman–Crippen LogP) is 2.44. The summed E-state index contributed by atoms with van der Waals surface area (Å²) in [4.78, 5) is 6.76. The van der Waals surface area contributed by atoms with Crippen LogP contribution in [0.25, 0.3) is 0 Å². The van der Waals surface area contributed by atoms with E-state index in [4.69, 9.17) is 4.74 Å². The van der Waals surface area contributed by atoms with Crippen molar-refractivity contribution in [3.05, 3.63) is 23.9 Å². The molecule has 0 saturated carbocycles. The van der Waals surface area contributed by atoms with Crippen LogP contribution in [0.15, 0.2) is 18.3 Å². The maximum Gasteiger partial charge on any atom is 0.213 e. The lowest BCUT2D eigenvalue weighted by atomic mass is 10.1. The molecule has 1 fully saturated rings. The Morgan fingerprint density at radius 3 is 2.85 bits per heavy atom. The maximum atomic E-state index is 5.78. The zero-order valence-corrected chi connectivity index (χ0v) is 12.8. The largest absolute Gasteiger partial charge is 0.476 e. The molecule has 1 aromatic heterocycles. The van der Waals surface area contributed by atoms with E-state index < -0.39 is 0 Å². The average Bonchev–Trinajstić information content (AvgIpc) is 2.47. The van der Waals surface area contributed by atoms with Crippen LogP contribution < -0.4 is 10.1 Å². The summed E-state index contributed by atoms with van der Waals surface area (Å²) < 4.78 is 5.78. The van der Waals surface area contributed by atoms with Crippen LogP contribution in [0.2, 0.25) is 0 Å². The van der Waals surface area contributed by atoms with Gasteiger partial charge in [0, 0.05) is 31.4 Å². The summed E-state index contributed by atoms with van der Waals surface area (Å²) >= 11 is 0. The van der Waals surface area contributed by atoms with Gasteiger partial charge < -0.3 is 10.1 Å². The van der Waals surface area contributed by atoms with Crippen molar-refractivity contribution in [1.82, 2.24) is 15.2 Å². The van der Waals surface area contributed by atoms with E-state index in [1.54, 1.807) is 0 Å². The number of nitrogens with zero attached hydrogens (tertiary/aromatic N) is 2. The molecule has 0 spiro atoms. The second-order valence-corrected chi connectivity index (χ2v) is 5.79. The Hall–Kier alpha value is -1.13. The molecule has 0 unspecified atom stereocenters. The van der Waals surface area contributed by atoms with Crippen molar-refractivity contribution in [2.75, 3.05) is 26.2 Å². The number of aromatic nitrogens is 1. The summed E-state index contributed by atoms with van der Waals surface area (Å²) in [5, 5.41) is 3.41. The van der Waals surface area contributed by atoms with Gasteiger partial charge in [0.15, 0.2) is 0 Å². The highest BCUT2D eigenvalue weighted by atomic mass is 16.5. The SMILES string of the molecule is CC(C)NCc1ccnc(OCCN2CCCCC2)c1. The lowest BCUT2D eigenvalue weighted by molar-refractivity contribution is 0.180. The fourth-order valence-electron chi connectivity index (χ4n) is 2.42. The van der Waals surface area contributed by atoms with Crippen molar-refractivity contribution in [3.63, 3.8) is 0 Å². The molecule has 1 aliphatic heterocycles. The van der Waals surface area contributed by atoms with Gasteiger partial charge in [0.25, 0.3) is 0 Å². The number of rotatable bonds is 7. The van der Waals surface area contributed by atoms with Crippen molar-refractivity contribution >= 4 is 0 Å². The molecule has 0 atom stereocenters. The summed E-state index contributed by atoms with van der Waals surface area (Å²) in [7, 11) is 0. The summed E-state index contributed by atoms with van der Waals surface area (Å²) in [5.41, 5.74) is 1.22. The minimum atomic E-state index is 0.492. The van der Waals surface area contributed by atoms with Gasteiger partial charge in [-0.3, -0.25) is 4.90 Å². The summed E-state index contributed by atoms with van der Waals surface area (Å²) in [5.74, 6) is 0.741. The van der Waals surface area contributed by atoms with Gasteiger partial charge >= 0.3 is 0 Å². The first kappa shape index (κ1) is 15.3. The Morgan fingerprint density at radius 1 is 1.30 bits per heavy atom. The molecule has 0 aliphatic carbocycles. The van der Waals surface area contributed by atoms with Crippen molar-refractivity contribution < 1.29 is 4.74 Å². The quantitative estimate of drug-likeness (QED) is 0.830. The highest BCUT2D eigenvalue weighted by molar-refractivity contribution is 5.20. The first-order valence-corrected chi connectivity index (χ1v) is 7.77. The Balaban J connectivity index is 1.73. The van der Waals surface area contributed by atoms with Crippen molar-refractivity contribution in [3.8, 4) is 5.88 Å². The number of nitrogens with one attached hydrogen (secondary N) is 1. The molecule has 4 nitrogen and oxygen atoms in total. The first-order chi connectivity index (χ1) is 9.74. The van der Waals surface area contributed by atoms with Crippen LogP contribution in [0.4, 0.5) is 0 Å². The number of hydrogen-bond donors (Lipinski definition) is 1. The van der Waals surface area contributed by atoms with E-state index in [9.17, 15) is 0 Å². The van der Waals surface area contributed by atoms with Gasteiger partial charge in [0.2, 0.25) is 5.88 Å². The molecular formula is C16H27N3O. The molecule has 0 radical (unpaired) electrons. The first-order valence-electron chi connectivity index (χ1n) is 7.77. The molecule has 20 heavy (non-hydrogen) atoms. The second-order valence-electron chi connectivity index (χ2n) is 5.79. The fourth-order valence-corrected chi connectivity index (χ4v) is 2.42. The molecule has 0 aromatic carbocycles. The van der Waals surface area contributed by atoms with Crippen molar-refractivity contribution in [2.45, 2.75) is 45.7 Å². The summed E-state index contributed by atoms with van der Waals surface area (Å²) in [6, 6.07) is 4.56. The molecule has 1 aromatic rings. The van der Waals surface area contributed by atoms with E-state index >= 15 is 0 Å². The molecule has 1 saturated heterocycles. The van der Waals surface area contributed by atoms with E-state index in [0.29, 0.717) is 6.04 Å². The molecule has 4 heteroatoms. The van der Waals surface area contributed by atoms with Crippen molar-refractivity contribution in [1.29, 1.82) is 0 Å². The van der Waals surface area contributed by atoms with Crippen LogP contribution in [0.5, 0.6) is 5.88 Å². The number of likely N-dealkylation sites (tertiary alicyclic amines) is 1. The Labute approximate surface area is 122 Å². The third-order valence-corrected chi connectivity index (χ3v) is 3.62. The highest BCUT2D eigenvalue weighted by Crippen LogP contribution is 2.11. The number of pyridine rings is 1. The molecule has 1 aliphatic rings. The molecule has 2 rings (SSSR count). The third-order valence-electron chi connectivity index (χ3n) is 3.62. The molecule has 0 bridgehead atoms. The van der Waals surface area contributed by atoms with Crippen LogP contribution in [0.1, 0.15) is 38.7 Å². The molecule has 0 amide bonds. The monoisotopic (exact) mass is 277 g/mol. The normalized spacial score (nSPS) is 16.6. The standard InChI is InChI=1S/C16H27N3O/c1-14(2)18-13-15-6-7-17-16(12-15)20-11-10-19-8-4-3-5-9-19/h6-7,12,14,18H,3-5,8-11,13H2,1-2H3.